The maximum atomic E-state index is 12.1. The minimum absolute atomic E-state index is 0.0405. The minimum atomic E-state index is -0.0405. The van der Waals surface area contributed by atoms with Gasteiger partial charge in [0, 0.05) is 31.2 Å². The Morgan fingerprint density at radius 3 is 2.88 bits per heavy atom. The average Bonchev–Trinajstić information content (AvgIpc) is 2.58. The van der Waals surface area contributed by atoms with Crippen LogP contribution in [0.25, 0.3) is 0 Å². The average molecular weight is 352 g/mol. The van der Waals surface area contributed by atoms with E-state index in [1.807, 2.05) is 24.3 Å². The fraction of sp³-hybridized carbons (Fsp3) is 0.632. The second kappa shape index (κ2) is 9.90. The van der Waals surface area contributed by atoms with Gasteiger partial charge in [0.25, 0.3) is 0 Å². The summed E-state index contributed by atoms with van der Waals surface area (Å²) in [6, 6.07) is 8.32. The first-order valence-corrected chi connectivity index (χ1v) is 9.42. The van der Waals surface area contributed by atoms with Crippen LogP contribution in [0.2, 0.25) is 5.02 Å². The van der Waals surface area contributed by atoms with Gasteiger partial charge in [-0.25, -0.2) is 4.79 Å². The van der Waals surface area contributed by atoms with Gasteiger partial charge >= 0.3 is 6.03 Å². The third kappa shape index (κ3) is 5.99. The molecule has 0 bridgehead atoms. The van der Waals surface area contributed by atoms with E-state index in [0.717, 1.165) is 37.5 Å². The molecule has 1 aromatic carbocycles. The van der Waals surface area contributed by atoms with E-state index >= 15 is 0 Å². The number of rotatable bonds is 7. The Hall–Kier alpha value is -1.26. The first kappa shape index (κ1) is 19.1. The number of halogens is 1. The van der Waals surface area contributed by atoms with Gasteiger partial charge in [-0.1, -0.05) is 36.2 Å². The lowest BCUT2D eigenvalue weighted by Gasteiger charge is -2.33. The summed E-state index contributed by atoms with van der Waals surface area (Å²) in [5.74, 6) is 0. The van der Waals surface area contributed by atoms with Crippen LogP contribution in [0.1, 0.15) is 44.6 Å². The number of hydrogen-bond acceptors (Lipinski definition) is 2. The van der Waals surface area contributed by atoms with Crippen molar-refractivity contribution in [3.63, 3.8) is 0 Å². The summed E-state index contributed by atoms with van der Waals surface area (Å²) in [6.07, 6.45) is 6.18. The highest BCUT2D eigenvalue weighted by Gasteiger charge is 2.17. The summed E-state index contributed by atoms with van der Waals surface area (Å²) in [7, 11) is 1.80. The number of nitrogens with one attached hydrogen (secondary N) is 1. The summed E-state index contributed by atoms with van der Waals surface area (Å²) < 4.78 is 0. The summed E-state index contributed by atoms with van der Waals surface area (Å²) in [5.41, 5.74) is 0.968. The van der Waals surface area contributed by atoms with E-state index in [-0.39, 0.29) is 6.03 Å². The molecule has 2 rings (SSSR count). The number of carbonyl (C=O) groups is 1. The molecule has 5 heteroatoms. The molecule has 4 nitrogen and oxygen atoms in total. The van der Waals surface area contributed by atoms with Crippen LogP contribution >= 0.6 is 11.6 Å². The molecule has 1 aromatic rings. The molecule has 1 atom stereocenters. The predicted octanol–water partition coefficient (Wildman–Crippen LogP) is 4.14. The van der Waals surface area contributed by atoms with Crippen molar-refractivity contribution in [1.29, 1.82) is 0 Å². The van der Waals surface area contributed by atoms with Gasteiger partial charge in [0.2, 0.25) is 0 Å². The Labute approximate surface area is 151 Å². The Morgan fingerprint density at radius 2 is 2.12 bits per heavy atom. The number of amides is 2. The molecule has 1 aliphatic heterocycles. The highest BCUT2D eigenvalue weighted by Crippen LogP contribution is 2.17. The molecule has 2 amide bonds. The zero-order valence-corrected chi connectivity index (χ0v) is 15.7. The molecule has 1 fully saturated rings. The van der Waals surface area contributed by atoms with Crippen LogP contribution in [0.5, 0.6) is 0 Å². The third-order valence-electron chi connectivity index (χ3n) is 4.80. The SMILES string of the molecule is CC1CCCCN1CCCCNC(=O)N(C)Cc1ccccc1Cl. The summed E-state index contributed by atoms with van der Waals surface area (Å²) in [6.45, 7) is 5.95. The Kier molecular flexibility index (Phi) is 7.86. The van der Waals surface area contributed by atoms with Crippen LogP contribution in [0.4, 0.5) is 4.79 Å². The maximum absolute atomic E-state index is 12.1. The number of piperidine rings is 1. The fourth-order valence-electron chi connectivity index (χ4n) is 3.21. The van der Waals surface area contributed by atoms with Crippen LogP contribution in [-0.2, 0) is 6.54 Å². The van der Waals surface area contributed by atoms with E-state index in [9.17, 15) is 4.79 Å². The second-order valence-electron chi connectivity index (χ2n) is 6.77. The van der Waals surface area contributed by atoms with Gasteiger partial charge in [0.15, 0.2) is 0 Å². The fourth-order valence-corrected chi connectivity index (χ4v) is 3.41. The third-order valence-corrected chi connectivity index (χ3v) is 5.17. The van der Waals surface area contributed by atoms with E-state index < -0.39 is 0 Å². The highest BCUT2D eigenvalue weighted by atomic mass is 35.5. The molecule has 0 radical (unpaired) electrons. The topological polar surface area (TPSA) is 35.6 Å². The molecule has 134 valence electrons. The molecule has 0 aromatic heterocycles. The number of nitrogens with zero attached hydrogens (tertiary/aromatic N) is 2. The number of carbonyl (C=O) groups excluding carboxylic acids is 1. The molecular weight excluding hydrogens is 322 g/mol. The van der Waals surface area contributed by atoms with Crippen molar-refractivity contribution in [2.75, 3.05) is 26.7 Å². The largest absolute Gasteiger partial charge is 0.338 e. The number of urea groups is 1. The van der Waals surface area contributed by atoms with Crippen molar-refractivity contribution < 1.29 is 4.79 Å². The van der Waals surface area contributed by atoms with Crippen molar-refractivity contribution in [2.24, 2.45) is 0 Å². The molecule has 0 aliphatic carbocycles. The monoisotopic (exact) mass is 351 g/mol. The number of likely N-dealkylation sites (tertiary alicyclic amines) is 1. The summed E-state index contributed by atoms with van der Waals surface area (Å²) in [5, 5.41) is 3.70. The van der Waals surface area contributed by atoms with Gasteiger partial charge in [-0.2, -0.15) is 0 Å². The van der Waals surface area contributed by atoms with Crippen LogP contribution in [0.3, 0.4) is 0 Å². The normalized spacial score (nSPS) is 18.4. The van der Waals surface area contributed by atoms with E-state index in [0.29, 0.717) is 11.6 Å². The molecular formula is C19H30ClN3O. The number of benzene rings is 1. The zero-order valence-electron chi connectivity index (χ0n) is 14.9. The van der Waals surface area contributed by atoms with Crippen molar-refractivity contribution in [1.82, 2.24) is 15.1 Å². The number of unbranched alkanes of at least 4 members (excludes halogenated alkanes) is 1. The van der Waals surface area contributed by atoms with Crippen LogP contribution in [0.15, 0.2) is 24.3 Å². The lowest BCUT2D eigenvalue weighted by molar-refractivity contribution is 0.158. The Morgan fingerprint density at radius 1 is 1.33 bits per heavy atom. The number of hydrogen-bond donors (Lipinski definition) is 1. The maximum Gasteiger partial charge on any atom is 0.317 e. The van der Waals surface area contributed by atoms with E-state index in [1.54, 1.807) is 11.9 Å². The highest BCUT2D eigenvalue weighted by molar-refractivity contribution is 6.31. The van der Waals surface area contributed by atoms with E-state index in [4.69, 9.17) is 11.6 Å². The van der Waals surface area contributed by atoms with Gasteiger partial charge in [-0.15, -0.1) is 0 Å². The van der Waals surface area contributed by atoms with Crippen LogP contribution in [-0.4, -0.2) is 48.6 Å². The van der Waals surface area contributed by atoms with Crippen LogP contribution in [0, 0.1) is 0 Å². The van der Waals surface area contributed by atoms with Crippen LogP contribution < -0.4 is 5.32 Å². The molecule has 1 saturated heterocycles. The van der Waals surface area contributed by atoms with Gasteiger partial charge in [-0.05, 0) is 57.3 Å². The van der Waals surface area contributed by atoms with E-state index in [2.05, 4.69) is 17.1 Å². The molecule has 24 heavy (non-hydrogen) atoms. The van der Waals surface area contributed by atoms with E-state index in [1.165, 1.54) is 25.8 Å². The molecule has 0 saturated carbocycles. The lowest BCUT2D eigenvalue weighted by atomic mass is 10.0. The smallest absolute Gasteiger partial charge is 0.317 e. The second-order valence-corrected chi connectivity index (χ2v) is 7.17. The van der Waals surface area contributed by atoms with Crippen molar-refractivity contribution in [3.05, 3.63) is 34.9 Å². The zero-order chi connectivity index (χ0) is 17.4. The van der Waals surface area contributed by atoms with Crippen molar-refractivity contribution >= 4 is 17.6 Å². The molecule has 0 spiro atoms. The molecule has 1 aliphatic rings. The molecule has 1 unspecified atom stereocenters. The minimum Gasteiger partial charge on any atom is -0.338 e. The van der Waals surface area contributed by atoms with Gasteiger partial charge in [0.1, 0.15) is 0 Å². The van der Waals surface area contributed by atoms with Crippen molar-refractivity contribution in [2.45, 2.75) is 51.6 Å². The van der Waals surface area contributed by atoms with Gasteiger partial charge in [0.05, 0.1) is 0 Å². The predicted molar refractivity (Wildman–Crippen MR) is 100 cm³/mol. The Bertz CT molecular complexity index is 523. The quantitative estimate of drug-likeness (QED) is 0.749. The lowest BCUT2D eigenvalue weighted by Crippen LogP contribution is -2.39. The summed E-state index contributed by atoms with van der Waals surface area (Å²) >= 11 is 6.14. The van der Waals surface area contributed by atoms with Crippen molar-refractivity contribution in [3.8, 4) is 0 Å². The standard InChI is InChI=1S/C19H30ClN3O/c1-16-9-5-7-13-23(16)14-8-6-12-21-19(24)22(2)15-17-10-3-4-11-18(17)20/h3-4,10-11,16H,5-9,12-15H2,1-2H3,(H,21,24). The Balaban J connectivity index is 1.61. The van der Waals surface area contributed by atoms with Gasteiger partial charge < -0.3 is 15.1 Å². The first-order valence-electron chi connectivity index (χ1n) is 9.04. The molecule has 1 N–H and O–H groups in total. The van der Waals surface area contributed by atoms with Gasteiger partial charge in [-0.3, -0.25) is 0 Å². The molecule has 1 heterocycles. The first-order chi connectivity index (χ1) is 11.6. The summed E-state index contributed by atoms with van der Waals surface area (Å²) in [4.78, 5) is 16.4.